The zero-order valence-electron chi connectivity index (χ0n) is 15.8. The van der Waals surface area contributed by atoms with E-state index >= 15 is 0 Å². The maximum Gasteiger partial charge on any atom is 0.310 e. The van der Waals surface area contributed by atoms with Crippen LogP contribution in [0.1, 0.15) is 22.0 Å². The zero-order valence-corrected chi connectivity index (χ0v) is 16.6. The Labute approximate surface area is 172 Å². The molecular weight excluding hydrogens is 393 g/mol. The Morgan fingerprint density at radius 1 is 1.07 bits per heavy atom. The van der Waals surface area contributed by atoms with Gasteiger partial charge in [-0.05, 0) is 46.8 Å². The first kappa shape index (κ1) is 20.5. The van der Waals surface area contributed by atoms with Gasteiger partial charge in [0.1, 0.15) is 11.6 Å². The van der Waals surface area contributed by atoms with Gasteiger partial charge >= 0.3 is 5.97 Å². The van der Waals surface area contributed by atoms with Crippen LogP contribution < -0.4 is 10.1 Å². The number of thiophene rings is 1. The molecule has 0 bridgehead atoms. The van der Waals surface area contributed by atoms with Gasteiger partial charge < -0.3 is 14.8 Å². The highest BCUT2D eigenvalue weighted by Gasteiger charge is 2.19. The van der Waals surface area contributed by atoms with Crippen molar-refractivity contribution in [1.82, 2.24) is 5.32 Å². The second-order valence-corrected chi connectivity index (χ2v) is 7.23. The maximum absolute atomic E-state index is 13.2. The average molecular weight is 413 g/mol. The maximum atomic E-state index is 13.2. The van der Waals surface area contributed by atoms with Gasteiger partial charge in [0.05, 0.1) is 19.6 Å². The third-order valence-corrected chi connectivity index (χ3v) is 5.15. The molecule has 2 aromatic carbocycles. The molecule has 0 spiro atoms. The van der Waals surface area contributed by atoms with Crippen LogP contribution in [0.25, 0.3) is 0 Å². The Hall–Kier alpha value is -3.19. The molecule has 5 nitrogen and oxygen atoms in total. The predicted octanol–water partition coefficient (Wildman–Crippen LogP) is 3.89. The van der Waals surface area contributed by atoms with Gasteiger partial charge in [0.2, 0.25) is 0 Å². The van der Waals surface area contributed by atoms with Gasteiger partial charge in [-0.1, -0.05) is 30.3 Å². The molecule has 0 aliphatic rings. The van der Waals surface area contributed by atoms with Crippen LogP contribution in [0, 0.1) is 5.82 Å². The number of rotatable bonds is 8. The fourth-order valence-electron chi connectivity index (χ4n) is 2.74. The molecule has 1 heterocycles. The van der Waals surface area contributed by atoms with E-state index < -0.39 is 24.5 Å². The van der Waals surface area contributed by atoms with E-state index in [-0.39, 0.29) is 12.2 Å². The Balaban J connectivity index is 1.57. The molecule has 1 N–H and O–H groups in total. The number of methoxy groups -OCH3 is 1. The van der Waals surface area contributed by atoms with E-state index in [1.54, 1.807) is 43.5 Å². The Morgan fingerprint density at radius 2 is 1.79 bits per heavy atom. The van der Waals surface area contributed by atoms with Crippen molar-refractivity contribution < 1.29 is 23.5 Å². The molecule has 0 saturated heterocycles. The number of hydrogen-bond donors (Lipinski definition) is 1. The minimum atomic E-state index is -0.500. The zero-order chi connectivity index (χ0) is 20.6. The Bertz CT molecular complexity index is 940. The van der Waals surface area contributed by atoms with Gasteiger partial charge in [-0.25, -0.2) is 4.39 Å². The van der Waals surface area contributed by atoms with Crippen molar-refractivity contribution in [3.63, 3.8) is 0 Å². The number of esters is 1. The van der Waals surface area contributed by atoms with E-state index in [9.17, 15) is 14.0 Å². The molecule has 0 aliphatic carbocycles. The second kappa shape index (κ2) is 9.84. The number of halogens is 1. The monoisotopic (exact) mass is 413 g/mol. The number of carbonyl (C=O) groups is 2. The summed E-state index contributed by atoms with van der Waals surface area (Å²) in [5.74, 6) is -0.588. The third kappa shape index (κ3) is 5.89. The van der Waals surface area contributed by atoms with Gasteiger partial charge in [-0.2, -0.15) is 0 Å². The van der Waals surface area contributed by atoms with Crippen molar-refractivity contribution in [1.29, 1.82) is 0 Å². The van der Waals surface area contributed by atoms with Crippen molar-refractivity contribution in [3.8, 4) is 5.75 Å². The minimum absolute atomic E-state index is 0.0591. The molecule has 1 amide bonds. The molecule has 0 saturated carbocycles. The highest BCUT2D eigenvalue weighted by atomic mass is 32.1. The summed E-state index contributed by atoms with van der Waals surface area (Å²) in [7, 11) is 1.57. The standard InChI is InChI=1S/C22H20FNO4S/c1-27-18-10-4-15(5-11-18)13-21(26)28-14-20(25)24-22(19-3-2-12-29-19)16-6-8-17(23)9-7-16/h2-12,22H,13-14H2,1H3,(H,24,25)/t22-/m1/s1. The molecule has 3 rings (SSSR count). The highest BCUT2D eigenvalue weighted by molar-refractivity contribution is 7.10. The summed E-state index contributed by atoms with van der Waals surface area (Å²) in [5.41, 5.74) is 1.51. The number of amides is 1. The molecule has 0 fully saturated rings. The van der Waals surface area contributed by atoms with Crippen molar-refractivity contribution >= 4 is 23.2 Å². The normalized spacial score (nSPS) is 11.5. The van der Waals surface area contributed by atoms with Crippen molar-refractivity contribution in [2.75, 3.05) is 13.7 Å². The van der Waals surface area contributed by atoms with E-state index in [0.29, 0.717) is 5.75 Å². The highest BCUT2D eigenvalue weighted by Crippen LogP contribution is 2.26. The van der Waals surface area contributed by atoms with Crippen molar-refractivity contribution in [2.45, 2.75) is 12.5 Å². The van der Waals surface area contributed by atoms with Crippen LogP contribution in [0.15, 0.2) is 66.0 Å². The molecular formula is C22H20FNO4S. The van der Waals surface area contributed by atoms with Crippen LogP contribution in [0.4, 0.5) is 4.39 Å². The van der Waals surface area contributed by atoms with Crippen molar-refractivity contribution in [3.05, 3.63) is 87.9 Å². The van der Waals surface area contributed by atoms with E-state index in [0.717, 1.165) is 16.0 Å². The van der Waals surface area contributed by atoms with Crippen LogP contribution in [0.5, 0.6) is 5.75 Å². The first-order valence-corrected chi connectivity index (χ1v) is 9.80. The summed E-state index contributed by atoms with van der Waals surface area (Å²) >= 11 is 1.47. The predicted molar refractivity (Wildman–Crippen MR) is 108 cm³/mol. The third-order valence-electron chi connectivity index (χ3n) is 4.21. The quantitative estimate of drug-likeness (QED) is 0.569. The number of hydrogen-bond acceptors (Lipinski definition) is 5. The second-order valence-electron chi connectivity index (χ2n) is 6.25. The van der Waals surface area contributed by atoms with Gasteiger partial charge in [-0.3, -0.25) is 9.59 Å². The molecule has 0 unspecified atom stereocenters. The minimum Gasteiger partial charge on any atom is -0.497 e. The topological polar surface area (TPSA) is 64.6 Å². The number of benzene rings is 2. The summed E-state index contributed by atoms with van der Waals surface area (Å²) < 4.78 is 23.4. The molecule has 3 aromatic rings. The lowest BCUT2D eigenvalue weighted by Gasteiger charge is -2.18. The van der Waals surface area contributed by atoms with Crippen LogP contribution in [-0.4, -0.2) is 25.6 Å². The lowest BCUT2D eigenvalue weighted by Crippen LogP contribution is -2.33. The van der Waals surface area contributed by atoms with Crippen LogP contribution in [0.2, 0.25) is 0 Å². The fraction of sp³-hybridized carbons (Fsp3) is 0.182. The molecule has 29 heavy (non-hydrogen) atoms. The summed E-state index contributed by atoms with van der Waals surface area (Å²) in [6, 6.07) is 16.3. The average Bonchev–Trinajstić information content (AvgIpc) is 3.26. The van der Waals surface area contributed by atoms with Gasteiger partial charge in [-0.15, -0.1) is 11.3 Å². The summed E-state index contributed by atoms with van der Waals surface area (Å²) in [6.07, 6.45) is 0.0591. The summed E-state index contributed by atoms with van der Waals surface area (Å²) in [5, 5.41) is 4.74. The fourth-order valence-corrected chi connectivity index (χ4v) is 3.54. The van der Waals surface area contributed by atoms with Gasteiger partial charge in [0, 0.05) is 4.88 Å². The largest absolute Gasteiger partial charge is 0.497 e. The molecule has 1 atom stereocenters. The SMILES string of the molecule is COc1ccc(CC(=O)OCC(=O)N[C@H](c2ccc(F)cc2)c2cccs2)cc1. The number of carbonyl (C=O) groups excluding carboxylic acids is 2. The van der Waals surface area contributed by atoms with Crippen LogP contribution in [-0.2, 0) is 20.7 Å². The van der Waals surface area contributed by atoms with E-state index in [2.05, 4.69) is 5.32 Å². The first-order valence-electron chi connectivity index (χ1n) is 8.92. The summed E-state index contributed by atoms with van der Waals surface area (Å²) in [6.45, 7) is -0.391. The molecule has 7 heteroatoms. The van der Waals surface area contributed by atoms with E-state index in [4.69, 9.17) is 9.47 Å². The molecule has 0 aliphatic heterocycles. The van der Waals surface area contributed by atoms with Gasteiger partial charge in [0.25, 0.3) is 5.91 Å². The lowest BCUT2D eigenvalue weighted by molar-refractivity contribution is -0.148. The van der Waals surface area contributed by atoms with Crippen LogP contribution in [0.3, 0.4) is 0 Å². The molecule has 150 valence electrons. The van der Waals surface area contributed by atoms with E-state index in [1.165, 1.54) is 23.5 Å². The summed E-state index contributed by atoms with van der Waals surface area (Å²) in [4.78, 5) is 25.3. The number of ether oxygens (including phenoxy) is 2. The number of nitrogens with one attached hydrogen (secondary N) is 1. The first-order chi connectivity index (χ1) is 14.0. The molecule has 1 aromatic heterocycles. The Morgan fingerprint density at radius 3 is 2.41 bits per heavy atom. The van der Waals surface area contributed by atoms with Gasteiger partial charge in [0.15, 0.2) is 6.61 Å². The van der Waals surface area contributed by atoms with Crippen molar-refractivity contribution in [2.24, 2.45) is 0 Å². The smallest absolute Gasteiger partial charge is 0.310 e. The van der Waals surface area contributed by atoms with E-state index in [1.807, 2.05) is 17.5 Å². The Kier molecular flexibility index (Phi) is 6.97. The molecule has 0 radical (unpaired) electrons. The van der Waals surface area contributed by atoms with Crippen LogP contribution >= 0.6 is 11.3 Å². The lowest BCUT2D eigenvalue weighted by atomic mass is 10.1.